The van der Waals surface area contributed by atoms with Crippen LogP contribution in [0.2, 0.25) is 0 Å². The SMILES string of the molecule is CCCC[C@H](NC(=O)CCc1ccc(OS(=O)(=O)O)cc1)C(=O)NCC(=O)N[C@@H](Cc1c[nH]c2ccccc12)C(=O)N[C@@H](CCCC)C(=O)N[C@@H](CC(=O)O)C(=O)N/C(=C\c1ccccc1)C(N)=O. The normalized spacial score (nSPS) is 13.2. The number of hydrogen-bond acceptors (Lipinski definition) is 11. The third-order valence-corrected chi connectivity index (χ3v) is 11.0. The molecule has 0 bridgehead atoms. The van der Waals surface area contributed by atoms with Gasteiger partial charge in [-0.25, -0.2) is 0 Å². The lowest BCUT2D eigenvalue weighted by Crippen LogP contribution is -2.58. The van der Waals surface area contributed by atoms with Gasteiger partial charge in [0.05, 0.1) is 13.0 Å². The highest BCUT2D eigenvalue weighted by atomic mass is 32.3. The van der Waals surface area contributed by atoms with Crippen LogP contribution in [0.4, 0.5) is 0 Å². The molecule has 0 spiro atoms. The van der Waals surface area contributed by atoms with E-state index in [2.05, 4.69) is 41.1 Å². The average Bonchev–Trinajstić information content (AvgIpc) is 3.71. The van der Waals surface area contributed by atoms with Gasteiger partial charge in [0.15, 0.2) is 0 Å². The van der Waals surface area contributed by atoms with Crippen molar-refractivity contribution in [2.45, 2.75) is 102 Å². The molecule has 21 nitrogen and oxygen atoms in total. The molecule has 0 aliphatic carbocycles. The first kappa shape index (κ1) is 54.0. The first-order chi connectivity index (χ1) is 32.8. The first-order valence-corrected chi connectivity index (χ1v) is 23.6. The predicted molar refractivity (Wildman–Crippen MR) is 253 cm³/mol. The van der Waals surface area contributed by atoms with Gasteiger partial charge in [0.25, 0.3) is 5.91 Å². The number of benzene rings is 3. The zero-order chi connectivity index (χ0) is 50.5. The summed E-state index contributed by atoms with van der Waals surface area (Å²) in [6, 6.07) is 15.8. The van der Waals surface area contributed by atoms with Gasteiger partial charge in [0, 0.05) is 29.9 Å². The summed E-state index contributed by atoms with van der Waals surface area (Å²) in [5, 5.41) is 25.6. The van der Waals surface area contributed by atoms with Crippen LogP contribution < -0.4 is 41.8 Å². The lowest BCUT2D eigenvalue weighted by Gasteiger charge is -2.25. The van der Waals surface area contributed by atoms with E-state index in [1.165, 1.54) is 30.3 Å². The van der Waals surface area contributed by atoms with Crippen molar-refractivity contribution in [3.63, 3.8) is 0 Å². The number of carbonyl (C=O) groups is 8. The topological polar surface area (TPSA) is 334 Å². The molecule has 1 aromatic heterocycles. The number of nitrogens with two attached hydrogens (primary N) is 1. The third kappa shape index (κ3) is 18.5. The number of aryl methyl sites for hydroxylation is 1. The Morgan fingerprint density at radius 1 is 0.725 bits per heavy atom. The van der Waals surface area contributed by atoms with Crippen molar-refractivity contribution < 1.29 is 60.6 Å². The highest BCUT2D eigenvalue weighted by Crippen LogP contribution is 2.20. The van der Waals surface area contributed by atoms with Crippen LogP contribution in [-0.4, -0.2) is 101 Å². The Balaban J connectivity index is 1.47. The monoisotopic (exact) mass is 974 g/mol. The second-order valence-electron chi connectivity index (χ2n) is 16.0. The van der Waals surface area contributed by atoms with Gasteiger partial charge in [-0.15, -0.1) is 0 Å². The minimum Gasteiger partial charge on any atom is -0.481 e. The number of nitrogens with one attached hydrogen (secondary N) is 7. The van der Waals surface area contributed by atoms with Crippen LogP contribution in [0.15, 0.2) is 90.8 Å². The summed E-state index contributed by atoms with van der Waals surface area (Å²) < 4.78 is 35.2. The van der Waals surface area contributed by atoms with Crippen LogP contribution >= 0.6 is 0 Å². The highest BCUT2D eigenvalue weighted by molar-refractivity contribution is 7.81. The number of unbranched alkanes of at least 4 members (excludes halogenated alkanes) is 2. The lowest BCUT2D eigenvalue weighted by molar-refractivity contribution is -0.141. The molecule has 7 amide bonds. The molecule has 0 saturated heterocycles. The molecule has 4 aromatic rings. The van der Waals surface area contributed by atoms with Crippen LogP contribution in [0.5, 0.6) is 5.75 Å². The summed E-state index contributed by atoms with van der Waals surface area (Å²) in [7, 11) is -4.71. The molecule has 0 unspecified atom stereocenters. The molecule has 22 heteroatoms. The van der Waals surface area contributed by atoms with Crippen molar-refractivity contribution in [1.82, 2.24) is 36.9 Å². The number of hydrogen-bond donors (Lipinski definition) is 10. The maximum atomic E-state index is 14.2. The Morgan fingerprint density at radius 2 is 1.32 bits per heavy atom. The lowest BCUT2D eigenvalue weighted by atomic mass is 10.0. The van der Waals surface area contributed by atoms with Crippen LogP contribution in [-0.2, 0) is 61.6 Å². The molecular weight excluding hydrogens is 917 g/mol. The Morgan fingerprint density at radius 3 is 1.94 bits per heavy atom. The maximum Gasteiger partial charge on any atom is 0.446 e. The number of fused-ring (bicyclic) bond motifs is 1. The number of carbonyl (C=O) groups excluding carboxylic acids is 7. The molecule has 4 atom stereocenters. The van der Waals surface area contributed by atoms with Crippen molar-refractivity contribution in [2.75, 3.05) is 6.54 Å². The molecule has 69 heavy (non-hydrogen) atoms. The van der Waals surface area contributed by atoms with Gasteiger partial charge in [-0.2, -0.15) is 8.42 Å². The highest BCUT2D eigenvalue weighted by Gasteiger charge is 2.32. The van der Waals surface area contributed by atoms with E-state index in [1.807, 2.05) is 32.0 Å². The van der Waals surface area contributed by atoms with Crippen molar-refractivity contribution in [2.24, 2.45) is 5.73 Å². The number of carboxylic acids is 1. The molecule has 1 heterocycles. The molecule has 370 valence electrons. The summed E-state index contributed by atoms with van der Waals surface area (Å²) in [5.41, 5.74) is 7.64. The van der Waals surface area contributed by atoms with Gasteiger partial charge >= 0.3 is 16.4 Å². The second kappa shape index (κ2) is 26.7. The van der Waals surface area contributed by atoms with Crippen molar-refractivity contribution in [3.8, 4) is 5.75 Å². The van der Waals surface area contributed by atoms with Crippen LogP contribution in [0.3, 0.4) is 0 Å². The standard InChI is InChI=1S/C47H58N8O13S/c1-3-5-15-35(51-40(56)23-20-29-18-21-32(22-19-29)68-69(65,66)67)44(61)50-28-41(57)52-38(25-31-27-49-34-17-11-10-14-33(31)34)46(63)53-36(16-6-4-2)45(62)55-39(26-42(58)59)47(64)54-37(43(48)60)24-30-12-8-7-9-13-30/h7-14,17-19,21-22,24,27,35-36,38-39,49H,3-6,15-16,20,23,25-26,28H2,1-2H3,(H2,48,60)(H,50,61)(H,51,56)(H,52,57)(H,53,63)(H,54,64)(H,55,62)(H,58,59)(H,65,66,67)/b37-24-/t35-,36-,38-,39-/m0/s1. The number of H-pyrrole nitrogens is 1. The molecule has 3 aromatic carbocycles. The van der Waals surface area contributed by atoms with E-state index >= 15 is 0 Å². The van der Waals surface area contributed by atoms with Gasteiger partial charge in [0.1, 0.15) is 35.6 Å². The van der Waals surface area contributed by atoms with Crippen LogP contribution in [0, 0.1) is 0 Å². The van der Waals surface area contributed by atoms with Crippen molar-refractivity contribution >= 4 is 74.7 Å². The number of aromatic amines is 1. The minimum absolute atomic E-state index is 0.0445. The second-order valence-corrected chi connectivity index (χ2v) is 17.0. The van der Waals surface area contributed by atoms with E-state index in [1.54, 1.807) is 42.6 Å². The van der Waals surface area contributed by atoms with Crippen molar-refractivity contribution in [3.05, 3.63) is 107 Å². The Bertz CT molecular complexity index is 2580. The number of primary amides is 1. The number of para-hydroxylation sites is 1. The van der Waals surface area contributed by atoms with Gasteiger partial charge < -0.3 is 51.9 Å². The van der Waals surface area contributed by atoms with Crippen LogP contribution in [0.25, 0.3) is 17.0 Å². The quantitative estimate of drug-likeness (QED) is 0.0288. The summed E-state index contributed by atoms with van der Waals surface area (Å²) in [5.74, 6) is -7.33. The number of rotatable bonds is 28. The molecule has 0 radical (unpaired) electrons. The summed E-state index contributed by atoms with van der Waals surface area (Å²) >= 11 is 0. The van der Waals surface area contributed by atoms with Gasteiger partial charge in [-0.3, -0.25) is 42.9 Å². The van der Waals surface area contributed by atoms with Crippen LogP contribution in [0.1, 0.15) is 81.9 Å². The van der Waals surface area contributed by atoms with E-state index in [-0.39, 0.29) is 43.6 Å². The fourth-order valence-electron chi connectivity index (χ4n) is 7.01. The fourth-order valence-corrected chi connectivity index (χ4v) is 7.36. The van der Waals surface area contributed by atoms with E-state index < -0.39 is 94.9 Å². The summed E-state index contributed by atoms with van der Waals surface area (Å²) in [6.45, 7) is 3.13. The van der Waals surface area contributed by atoms with E-state index in [0.717, 1.165) is 10.9 Å². The third-order valence-electron chi connectivity index (χ3n) is 10.6. The minimum atomic E-state index is -4.71. The number of amides is 7. The summed E-state index contributed by atoms with van der Waals surface area (Å²) in [4.78, 5) is 109. The largest absolute Gasteiger partial charge is 0.481 e. The van der Waals surface area contributed by atoms with Gasteiger partial charge in [-0.05, 0) is 60.2 Å². The van der Waals surface area contributed by atoms with E-state index in [9.17, 15) is 51.9 Å². The molecule has 0 fully saturated rings. The number of aliphatic carboxylic acids is 1. The Labute approximate surface area is 398 Å². The van der Waals surface area contributed by atoms with E-state index in [4.69, 9.17) is 10.3 Å². The first-order valence-electron chi connectivity index (χ1n) is 22.2. The number of carboxylic acid groups (broad SMARTS) is 1. The zero-order valence-electron chi connectivity index (χ0n) is 38.1. The van der Waals surface area contributed by atoms with Crippen molar-refractivity contribution in [1.29, 1.82) is 0 Å². The van der Waals surface area contributed by atoms with Gasteiger partial charge in [-0.1, -0.05) is 100 Å². The summed E-state index contributed by atoms with van der Waals surface area (Å²) in [6.07, 6.45) is 4.65. The molecule has 0 saturated carbocycles. The van der Waals surface area contributed by atoms with E-state index in [0.29, 0.717) is 42.4 Å². The average molecular weight is 975 g/mol. The molecule has 4 rings (SSSR count). The molecular formula is C47H58N8O13S. The zero-order valence-corrected chi connectivity index (χ0v) is 38.9. The predicted octanol–water partition coefficient (Wildman–Crippen LogP) is 2.08. The fraction of sp³-hybridized carbons (Fsp3) is 0.362. The molecule has 11 N–H and O–H groups in total. The molecule has 0 aliphatic heterocycles. The van der Waals surface area contributed by atoms with Gasteiger partial charge in [0.2, 0.25) is 35.4 Å². The maximum absolute atomic E-state index is 14.2. The number of aromatic nitrogens is 1. The Hall–Kier alpha value is -7.59. The molecule has 0 aliphatic rings. The Kier molecular flexibility index (Phi) is 20.9. The smallest absolute Gasteiger partial charge is 0.446 e.